The first-order valence-electron chi connectivity index (χ1n) is 11.5. The van der Waals surface area contributed by atoms with Crippen LogP contribution >= 0.6 is 0 Å². The highest BCUT2D eigenvalue weighted by Gasteiger charge is 2.28. The zero-order valence-corrected chi connectivity index (χ0v) is 20.4. The zero-order chi connectivity index (χ0) is 24.8. The SMILES string of the molecule is COCCCNC(=O)CN1CCN(C(=O)c2ccc(NC3=NS(=O)(=O)c4ccccc43)cc2)CC1. The summed E-state index contributed by atoms with van der Waals surface area (Å²) in [5.41, 5.74) is 1.70. The number of rotatable bonds is 8. The van der Waals surface area contributed by atoms with Crippen LogP contribution in [0.3, 0.4) is 0 Å². The second kappa shape index (κ2) is 11.0. The Hall–Kier alpha value is -3.28. The smallest absolute Gasteiger partial charge is 0.285 e. The highest BCUT2D eigenvalue weighted by molar-refractivity contribution is 7.90. The van der Waals surface area contributed by atoms with Crippen LogP contribution in [0.1, 0.15) is 22.3 Å². The molecule has 2 amide bonds. The van der Waals surface area contributed by atoms with E-state index in [-0.39, 0.29) is 22.5 Å². The van der Waals surface area contributed by atoms with E-state index in [0.29, 0.717) is 62.7 Å². The summed E-state index contributed by atoms with van der Waals surface area (Å²) in [4.78, 5) is 29.0. The number of piperazine rings is 1. The van der Waals surface area contributed by atoms with E-state index in [9.17, 15) is 18.0 Å². The first-order chi connectivity index (χ1) is 16.9. The lowest BCUT2D eigenvalue weighted by Crippen LogP contribution is -2.51. The van der Waals surface area contributed by atoms with Gasteiger partial charge in [0.05, 0.1) is 6.54 Å². The average molecular weight is 500 g/mol. The van der Waals surface area contributed by atoms with Crippen molar-refractivity contribution in [2.45, 2.75) is 11.3 Å². The van der Waals surface area contributed by atoms with Crippen molar-refractivity contribution in [2.24, 2.45) is 4.40 Å². The number of nitrogens with one attached hydrogen (secondary N) is 2. The molecule has 2 aromatic rings. The van der Waals surface area contributed by atoms with Crippen molar-refractivity contribution in [1.82, 2.24) is 15.1 Å². The first-order valence-corrected chi connectivity index (χ1v) is 12.9. The third kappa shape index (κ3) is 6.05. The van der Waals surface area contributed by atoms with Crippen molar-refractivity contribution in [3.63, 3.8) is 0 Å². The number of hydrogen-bond acceptors (Lipinski definition) is 7. The van der Waals surface area contributed by atoms with Crippen molar-refractivity contribution in [3.05, 3.63) is 59.7 Å². The predicted molar refractivity (Wildman–Crippen MR) is 132 cm³/mol. The summed E-state index contributed by atoms with van der Waals surface area (Å²) >= 11 is 0. The van der Waals surface area contributed by atoms with Crippen LogP contribution in [0, 0.1) is 0 Å². The number of hydrogen-bond donors (Lipinski definition) is 2. The summed E-state index contributed by atoms with van der Waals surface area (Å²) in [6.07, 6.45) is 0.777. The lowest BCUT2D eigenvalue weighted by Gasteiger charge is -2.34. The Morgan fingerprint density at radius 2 is 1.74 bits per heavy atom. The largest absolute Gasteiger partial charge is 0.385 e. The molecule has 2 aromatic carbocycles. The van der Waals surface area contributed by atoms with Gasteiger partial charge in [-0.25, -0.2) is 0 Å². The summed E-state index contributed by atoms with van der Waals surface area (Å²) in [7, 11) is -2.07. The number of amides is 2. The van der Waals surface area contributed by atoms with Crippen molar-refractivity contribution in [1.29, 1.82) is 0 Å². The summed E-state index contributed by atoms with van der Waals surface area (Å²) in [6.45, 7) is 3.87. The van der Waals surface area contributed by atoms with Gasteiger partial charge in [0.25, 0.3) is 15.9 Å². The minimum Gasteiger partial charge on any atom is -0.385 e. The van der Waals surface area contributed by atoms with Gasteiger partial charge < -0.3 is 20.3 Å². The molecule has 186 valence electrons. The molecule has 2 N–H and O–H groups in total. The van der Waals surface area contributed by atoms with Crippen LogP contribution < -0.4 is 10.6 Å². The monoisotopic (exact) mass is 499 g/mol. The maximum atomic E-state index is 12.9. The van der Waals surface area contributed by atoms with E-state index in [4.69, 9.17) is 4.74 Å². The molecule has 2 aliphatic heterocycles. The van der Waals surface area contributed by atoms with E-state index < -0.39 is 10.0 Å². The molecule has 0 radical (unpaired) electrons. The molecule has 0 atom stereocenters. The molecule has 0 saturated carbocycles. The normalized spacial score (nSPS) is 16.9. The standard InChI is InChI=1S/C24H29N5O5S/c1-34-16-4-11-25-22(30)17-28-12-14-29(15-13-28)24(31)18-7-9-19(10-8-18)26-23-20-5-2-3-6-21(20)35(32,33)27-23/h2-3,5-10H,4,11-17H2,1H3,(H,25,30)(H,26,27). The maximum absolute atomic E-state index is 12.9. The fraction of sp³-hybridized carbons (Fsp3) is 0.375. The molecule has 2 aliphatic rings. The Labute approximate surface area is 205 Å². The van der Waals surface area contributed by atoms with Crippen LogP contribution in [0.5, 0.6) is 0 Å². The molecule has 4 rings (SSSR count). The van der Waals surface area contributed by atoms with Gasteiger partial charge in [-0.2, -0.15) is 8.42 Å². The molecule has 0 aliphatic carbocycles. The van der Waals surface area contributed by atoms with Gasteiger partial charge in [-0.15, -0.1) is 4.40 Å². The number of benzene rings is 2. The van der Waals surface area contributed by atoms with Gasteiger partial charge in [0.2, 0.25) is 5.91 Å². The molecule has 11 heteroatoms. The van der Waals surface area contributed by atoms with Crippen molar-refractivity contribution in [2.75, 3.05) is 58.3 Å². The number of amidine groups is 1. The first kappa shape index (κ1) is 24.8. The molecule has 0 unspecified atom stereocenters. The molecule has 0 bridgehead atoms. The second-order valence-corrected chi connectivity index (χ2v) is 9.95. The molecular formula is C24H29N5O5S. The van der Waals surface area contributed by atoms with Gasteiger partial charge in [0.1, 0.15) is 4.90 Å². The molecule has 10 nitrogen and oxygen atoms in total. The Morgan fingerprint density at radius 1 is 1.03 bits per heavy atom. The predicted octanol–water partition coefficient (Wildman–Crippen LogP) is 1.16. The summed E-state index contributed by atoms with van der Waals surface area (Å²) in [6, 6.07) is 13.5. The van der Waals surface area contributed by atoms with Crippen LogP contribution in [0.2, 0.25) is 0 Å². The fourth-order valence-electron chi connectivity index (χ4n) is 4.02. The zero-order valence-electron chi connectivity index (χ0n) is 19.6. The second-order valence-electron chi connectivity index (χ2n) is 8.38. The van der Waals surface area contributed by atoms with E-state index in [1.165, 1.54) is 6.07 Å². The number of ether oxygens (including phenoxy) is 1. The minimum absolute atomic E-state index is 0.0220. The average Bonchev–Trinajstić information content (AvgIpc) is 3.12. The number of methoxy groups -OCH3 is 1. The molecule has 2 heterocycles. The third-order valence-electron chi connectivity index (χ3n) is 5.90. The van der Waals surface area contributed by atoms with Crippen LogP contribution in [0.25, 0.3) is 0 Å². The topological polar surface area (TPSA) is 120 Å². The number of sulfonamides is 1. The molecule has 0 aromatic heterocycles. The Morgan fingerprint density at radius 3 is 2.46 bits per heavy atom. The molecule has 35 heavy (non-hydrogen) atoms. The van der Waals surface area contributed by atoms with E-state index in [2.05, 4.69) is 15.0 Å². The number of fused-ring (bicyclic) bond motifs is 1. The number of anilines is 1. The van der Waals surface area contributed by atoms with Gasteiger partial charge in [-0.05, 0) is 42.8 Å². The molecule has 1 fully saturated rings. The Kier molecular flexibility index (Phi) is 7.79. The maximum Gasteiger partial charge on any atom is 0.285 e. The van der Waals surface area contributed by atoms with Crippen molar-refractivity contribution in [3.8, 4) is 0 Å². The number of carbonyl (C=O) groups is 2. The van der Waals surface area contributed by atoms with Crippen LogP contribution in [0.4, 0.5) is 5.69 Å². The van der Waals surface area contributed by atoms with Crippen LogP contribution in [-0.4, -0.2) is 88.9 Å². The highest BCUT2D eigenvalue weighted by Crippen LogP contribution is 2.26. The van der Waals surface area contributed by atoms with E-state index in [1.54, 1.807) is 54.5 Å². The Balaban J connectivity index is 1.28. The minimum atomic E-state index is -3.70. The van der Waals surface area contributed by atoms with Gasteiger partial charge in [-0.1, -0.05) is 12.1 Å². The lowest BCUT2D eigenvalue weighted by atomic mass is 10.1. The van der Waals surface area contributed by atoms with E-state index >= 15 is 0 Å². The van der Waals surface area contributed by atoms with Crippen LogP contribution in [-0.2, 0) is 19.6 Å². The Bertz CT molecular complexity index is 1210. The van der Waals surface area contributed by atoms with Gasteiger partial charge in [-0.3, -0.25) is 14.5 Å². The molecule has 0 spiro atoms. The van der Waals surface area contributed by atoms with Gasteiger partial charge in [0.15, 0.2) is 5.84 Å². The fourth-order valence-corrected chi connectivity index (χ4v) is 5.20. The van der Waals surface area contributed by atoms with Gasteiger partial charge in [0, 0.05) is 63.3 Å². The molecular weight excluding hydrogens is 470 g/mol. The van der Waals surface area contributed by atoms with Crippen LogP contribution in [0.15, 0.2) is 57.8 Å². The van der Waals surface area contributed by atoms with Crippen molar-refractivity contribution < 1.29 is 22.7 Å². The third-order valence-corrected chi connectivity index (χ3v) is 7.24. The lowest BCUT2D eigenvalue weighted by molar-refractivity contribution is -0.122. The van der Waals surface area contributed by atoms with E-state index in [0.717, 1.165) is 6.42 Å². The van der Waals surface area contributed by atoms with Gasteiger partial charge >= 0.3 is 0 Å². The summed E-state index contributed by atoms with van der Waals surface area (Å²) in [5.74, 6) is 0.163. The van der Waals surface area contributed by atoms with E-state index in [1.807, 2.05) is 4.90 Å². The quantitative estimate of drug-likeness (QED) is 0.523. The number of nitrogens with zero attached hydrogens (tertiary/aromatic N) is 3. The summed E-state index contributed by atoms with van der Waals surface area (Å²) < 4.78 is 33.2. The molecule has 1 saturated heterocycles. The number of carbonyl (C=O) groups excluding carboxylic acids is 2. The summed E-state index contributed by atoms with van der Waals surface area (Å²) in [5, 5.41) is 5.91. The van der Waals surface area contributed by atoms with Crippen molar-refractivity contribution >= 4 is 33.4 Å². The highest BCUT2D eigenvalue weighted by atomic mass is 32.2.